The Morgan fingerprint density at radius 3 is 2.39 bits per heavy atom. The lowest BCUT2D eigenvalue weighted by atomic mass is 10.1. The molecular weight excluding hydrogens is 458 g/mol. The molecule has 1 fully saturated rings. The molecule has 2 aromatic carbocycles. The van der Waals surface area contributed by atoms with Crippen molar-refractivity contribution in [3.8, 4) is 10.4 Å². The highest BCUT2D eigenvalue weighted by Gasteiger charge is 2.67. The third kappa shape index (κ3) is 3.90. The fourth-order valence-electron chi connectivity index (χ4n) is 3.91. The van der Waals surface area contributed by atoms with E-state index in [4.69, 9.17) is 11.6 Å². The van der Waals surface area contributed by atoms with Crippen LogP contribution in [0.15, 0.2) is 70.9 Å². The second-order valence-corrected chi connectivity index (χ2v) is 10.9. The maximum Gasteiger partial charge on any atom is 0.325 e. The van der Waals surface area contributed by atoms with Gasteiger partial charge in [0.15, 0.2) is 0 Å². The summed E-state index contributed by atoms with van der Waals surface area (Å²) in [7, 11) is -4.15. The van der Waals surface area contributed by atoms with Crippen molar-refractivity contribution in [1.29, 1.82) is 0 Å². The number of hydrogen-bond acceptors (Lipinski definition) is 5. The lowest BCUT2D eigenvalue weighted by Gasteiger charge is -2.28. The first-order valence-electron chi connectivity index (χ1n) is 9.58. The summed E-state index contributed by atoms with van der Waals surface area (Å²) < 4.78 is 28.0. The zero-order valence-corrected chi connectivity index (χ0v) is 18.7. The zero-order valence-electron chi connectivity index (χ0n) is 16.3. The third-order valence-electron chi connectivity index (χ3n) is 5.51. The highest BCUT2D eigenvalue weighted by molar-refractivity contribution is 7.91. The molecule has 1 aliphatic rings. The number of β-amino-alcohol motifs (C(OH)–C–C–N with tert-alkyl or cyclic N) is 1. The smallest absolute Gasteiger partial charge is 0.325 e. The van der Waals surface area contributed by atoms with Crippen LogP contribution in [0.3, 0.4) is 0 Å². The van der Waals surface area contributed by atoms with Crippen molar-refractivity contribution in [3.05, 3.63) is 77.3 Å². The summed E-state index contributed by atoms with van der Waals surface area (Å²) in [6, 6.07) is 19.2. The maximum atomic E-state index is 13.5. The van der Waals surface area contributed by atoms with E-state index in [1.165, 1.54) is 6.07 Å². The number of carboxylic acid groups (broad SMARTS) is 1. The molecule has 31 heavy (non-hydrogen) atoms. The van der Waals surface area contributed by atoms with E-state index in [1.54, 1.807) is 54.6 Å². The van der Waals surface area contributed by atoms with E-state index in [-0.39, 0.29) is 17.2 Å². The standard InChI is InChI=1S/C22H20ClNO5S2/c23-17-8-6-16(7-9-17)19-10-11-20(30-19)31(28,29)24(12-13-25)22(21(26)27)14-18(22)15-4-2-1-3-5-15/h1-11,18,25H,12-14H2,(H,26,27)/t18-,22+/m0/s1. The number of hydrogen-bond donors (Lipinski definition) is 2. The van der Waals surface area contributed by atoms with Crippen molar-refractivity contribution in [3.63, 3.8) is 0 Å². The van der Waals surface area contributed by atoms with Gasteiger partial charge in [-0.05, 0) is 41.8 Å². The van der Waals surface area contributed by atoms with E-state index in [0.717, 1.165) is 31.6 Å². The van der Waals surface area contributed by atoms with Crippen LogP contribution in [0.4, 0.5) is 0 Å². The number of aliphatic hydroxyl groups is 1. The van der Waals surface area contributed by atoms with E-state index in [1.807, 2.05) is 6.07 Å². The summed E-state index contributed by atoms with van der Waals surface area (Å²) in [4.78, 5) is 13.0. The molecule has 2 N–H and O–H groups in total. The van der Waals surface area contributed by atoms with Crippen LogP contribution in [0.1, 0.15) is 17.9 Å². The Kier molecular flexibility index (Phi) is 5.93. The van der Waals surface area contributed by atoms with Crippen LogP contribution in [-0.2, 0) is 14.8 Å². The average Bonchev–Trinajstić information content (AvgIpc) is 3.31. The van der Waals surface area contributed by atoms with Crippen molar-refractivity contribution in [1.82, 2.24) is 4.31 Å². The number of sulfonamides is 1. The SMILES string of the molecule is O=C(O)[C@@]1(N(CCO)S(=O)(=O)c2ccc(-c3ccc(Cl)cc3)s2)C[C@H]1c1ccccc1. The minimum atomic E-state index is -4.15. The number of carboxylic acids is 1. The number of carbonyl (C=O) groups is 1. The van der Waals surface area contributed by atoms with Gasteiger partial charge in [-0.25, -0.2) is 8.42 Å². The number of halogens is 1. The van der Waals surface area contributed by atoms with E-state index in [0.29, 0.717) is 5.02 Å². The predicted molar refractivity (Wildman–Crippen MR) is 120 cm³/mol. The predicted octanol–water partition coefficient (Wildman–Crippen LogP) is 4.06. The van der Waals surface area contributed by atoms with Gasteiger partial charge in [0, 0.05) is 22.4 Å². The molecule has 162 valence electrons. The highest BCUT2D eigenvalue weighted by Crippen LogP contribution is 2.57. The van der Waals surface area contributed by atoms with Gasteiger partial charge < -0.3 is 10.2 Å². The first kappa shape index (κ1) is 22.0. The number of rotatable bonds is 8. The van der Waals surface area contributed by atoms with Gasteiger partial charge >= 0.3 is 5.97 Å². The molecule has 1 heterocycles. The molecule has 4 rings (SSSR count). The molecule has 0 bridgehead atoms. The van der Waals surface area contributed by atoms with E-state index in [2.05, 4.69) is 0 Å². The van der Waals surface area contributed by atoms with Gasteiger partial charge in [0.05, 0.1) is 6.61 Å². The number of benzene rings is 2. The van der Waals surface area contributed by atoms with Crippen molar-refractivity contribution in [2.24, 2.45) is 0 Å². The fraction of sp³-hybridized carbons (Fsp3) is 0.227. The summed E-state index contributed by atoms with van der Waals surface area (Å²) in [6.45, 7) is -0.780. The summed E-state index contributed by atoms with van der Waals surface area (Å²) >= 11 is 6.98. The first-order chi connectivity index (χ1) is 14.8. The molecular formula is C22H20ClNO5S2. The third-order valence-corrected chi connectivity index (χ3v) is 9.30. The van der Waals surface area contributed by atoms with Gasteiger partial charge in [-0.2, -0.15) is 4.31 Å². The summed E-state index contributed by atoms with van der Waals surface area (Å²) in [5.74, 6) is -1.70. The summed E-state index contributed by atoms with van der Waals surface area (Å²) in [5.41, 5.74) is -0.0463. The first-order valence-corrected chi connectivity index (χ1v) is 12.2. The number of nitrogens with zero attached hydrogens (tertiary/aromatic N) is 1. The van der Waals surface area contributed by atoms with Crippen molar-refractivity contribution >= 4 is 38.9 Å². The van der Waals surface area contributed by atoms with Gasteiger partial charge in [-0.3, -0.25) is 4.79 Å². The largest absolute Gasteiger partial charge is 0.480 e. The Bertz CT molecular complexity index is 1190. The van der Waals surface area contributed by atoms with Crippen LogP contribution >= 0.6 is 22.9 Å². The van der Waals surface area contributed by atoms with Crippen LogP contribution in [0.25, 0.3) is 10.4 Å². The van der Waals surface area contributed by atoms with E-state index in [9.17, 15) is 23.4 Å². The number of aliphatic carboxylic acids is 1. The molecule has 0 unspecified atom stereocenters. The molecule has 0 amide bonds. The van der Waals surface area contributed by atoms with Gasteiger partial charge in [0.25, 0.3) is 10.0 Å². The van der Waals surface area contributed by atoms with Gasteiger partial charge in [0.2, 0.25) is 0 Å². The highest BCUT2D eigenvalue weighted by atomic mass is 35.5. The Hall–Kier alpha value is -2.23. The molecule has 0 spiro atoms. The monoisotopic (exact) mass is 477 g/mol. The van der Waals surface area contributed by atoms with Crippen LogP contribution in [0, 0.1) is 0 Å². The Labute approximate surface area is 189 Å². The Balaban J connectivity index is 1.72. The van der Waals surface area contributed by atoms with Crippen LogP contribution in [0.5, 0.6) is 0 Å². The number of thiophene rings is 1. The van der Waals surface area contributed by atoms with Crippen LogP contribution in [0.2, 0.25) is 5.02 Å². The normalized spacial score (nSPS) is 20.7. The Morgan fingerprint density at radius 2 is 1.77 bits per heavy atom. The Morgan fingerprint density at radius 1 is 1.10 bits per heavy atom. The molecule has 2 atom stereocenters. The van der Waals surface area contributed by atoms with Crippen molar-refractivity contribution in [2.45, 2.75) is 22.1 Å². The molecule has 1 aliphatic carbocycles. The second kappa shape index (κ2) is 8.37. The summed E-state index contributed by atoms with van der Waals surface area (Å²) in [6.07, 6.45) is 0.154. The van der Waals surface area contributed by atoms with E-state index < -0.39 is 34.1 Å². The number of aliphatic hydroxyl groups excluding tert-OH is 1. The fourth-order valence-corrected chi connectivity index (χ4v) is 7.23. The molecule has 0 radical (unpaired) electrons. The lowest BCUT2D eigenvalue weighted by molar-refractivity contribution is -0.143. The van der Waals surface area contributed by atoms with Gasteiger partial charge in [-0.1, -0.05) is 54.1 Å². The molecule has 0 aliphatic heterocycles. The zero-order chi connectivity index (χ0) is 22.2. The minimum absolute atomic E-state index is 0.0326. The maximum absolute atomic E-state index is 13.5. The molecule has 3 aromatic rings. The van der Waals surface area contributed by atoms with Crippen LogP contribution in [-0.4, -0.2) is 47.6 Å². The molecule has 1 aromatic heterocycles. The molecule has 6 nitrogen and oxygen atoms in total. The van der Waals surface area contributed by atoms with Crippen LogP contribution < -0.4 is 0 Å². The van der Waals surface area contributed by atoms with Gasteiger partial charge in [0.1, 0.15) is 9.75 Å². The lowest BCUT2D eigenvalue weighted by Crippen LogP contribution is -2.49. The van der Waals surface area contributed by atoms with Crippen molar-refractivity contribution in [2.75, 3.05) is 13.2 Å². The molecule has 1 saturated carbocycles. The topological polar surface area (TPSA) is 94.9 Å². The molecule has 9 heteroatoms. The quantitative estimate of drug-likeness (QED) is 0.510. The average molecular weight is 478 g/mol. The van der Waals surface area contributed by atoms with Crippen molar-refractivity contribution < 1.29 is 23.4 Å². The van der Waals surface area contributed by atoms with Gasteiger partial charge in [-0.15, -0.1) is 11.3 Å². The summed E-state index contributed by atoms with van der Waals surface area (Å²) in [5, 5.41) is 20.2. The minimum Gasteiger partial charge on any atom is -0.480 e. The van der Waals surface area contributed by atoms with E-state index >= 15 is 0 Å². The second-order valence-electron chi connectivity index (χ2n) is 7.32. The molecule has 0 saturated heterocycles.